The number of aromatic nitrogens is 7. The Balaban J connectivity index is 1.51. The number of hydrogen-bond acceptors (Lipinski definition) is 8. The molecule has 0 aliphatic carbocycles. The molecule has 0 aromatic carbocycles. The average molecular weight is 462 g/mol. The lowest BCUT2D eigenvalue weighted by Crippen LogP contribution is -2.20. The summed E-state index contributed by atoms with van der Waals surface area (Å²) < 4.78 is 22.7. The van der Waals surface area contributed by atoms with Gasteiger partial charge in [-0.1, -0.05) is 5.21 Å². The fraction of sp³-hybridized carbons (Fsp3) is 0.391. The minimum atomic E-state index is -1.27. The molecule has 0 bridgehead atoms. The van der Waals surface area contributed by atoms with Crippen LogP contribution in [0.4, 0.5) is 10.1 Å². The number of nitrogens with one attached hydrogen (secondary N) is 1. The van der Waals surface area contributed by atoms with Crippen LogP contribution in [-0.4, -0.2) is 59.7 Å². The highest BCUT2D eigenvalue weighted by Crippen LogP contribution is 2.26. The summed E-state index contributed by atoms with van der Waals surface area (Å²) in [5.74, 6) is 0.567. The molecule has 1 aliphatic rings. The average Bonchev–Trinajstić information content (AvgIpc) is 3.58. The number of alkyl halides is 1. The lowest BCUT2D eigenvalue weighted by molar-refractivity contribution is 0.195. The van der Waals surface area contributed by atoms with E-state index in [4.69, 9.17) is 10.00 Å². The van der Waals surface area contributed by atoms with Gasteiger partial charge < -0.3 is 10.1 Å². The van der Waals surface area contributed by atoms with E-state index in [1.54, 1.807) is 47.9 Å². The van der Waals surface area contributed by atoms with Crippen LogP contribution in [0.3, 0.4) is 0 Å². The Hall–Kier alpha value is -3.91. The van der Waals surface area contributed by atoms with Crippen LogP contribution in [0.15, 0.2) is 36.9 Å². The smallest absolute Gasteiger partial charge is 0.164 e. The summed E-state index contributed by atoms with van der Waals surface area (Å²) in [6, 6.07) is 5.86. The molecule has 11 heteroatoms. The first-order valence-electron chi connectivity index (χ1n) is 11.1. The summed E-state index contributed by atoms with van der Waals surface area (Å²) in [7, 11) is 0. The van der Waals surface area contributed by atoms with E-state index in [-0.39, 0.29) is 6.04 Å². The van der Waals surface area contributed by atoms with E-state index >= 15 is 0 Å². The number of rotatable bonds is 7. The molecule has 174 valence electrons. The van der Waals surface area contributed by atoms with Gasteiger partial charge in [-0.25, -0.2) is 19.0 Å². The maximum absolute atomic E-state index is 13.9. The second-order valence-electron chi connectivity index (χ2n) is 8.94. The Morgan fingerprint density at radius 2 is 2.15 bits per heavy atom. The Morgan fingerprint density at radius 1 is 1.26 bits per heavy atom. The molecule has 10 nitrogen and oxygen atoms in total. The van der Waals surface area contributed by atoms with Gasteiger partial charge in [0, 0.05) is 24.3 Å². The van der Waals surface area contributed by atoms with Crippen LogP contribution in [-0.2, 0) is 11.2 Å². The fourth-order valence-electron chi connectivity index (χ4n) is 3.83. The van der Waals surface area contributed by atoms with Gasteiger partial charge in [-0.05, 0) is 39.2 Å². The van der Waals surface area contributed by atoms with Crippen molar-refractivity contribution in [3.63, 3.8) is 0 Å². The van der Waals surface area contributed by atoms with Gasteiger partial charge in [0.25, 0.3) is 0 Å². The molecule has 5 heterocycles. The van der Waals surface area contributed by atoms with Gasteiger partial charge in [0.05, 0.1) is 48.2 Å². The minimum absolute atomic E-state index is 0.148. The first kappa shape index (κ1) is 21.9. The van der Waals surface area contributed by atoms with Crippen LogP contribution in [0, 0.1) is 11.3 Å². The quantitative estimate of drug-likeness (QED) is 0.446. The standard InChI is InChI=1S/C23H24FN9O/c1-23(2,24)5-3-17-13-32(31-30-17)20-12-26-21(8-19(20)29-18-4-6-34-14-18)33-22-16(11-28-33)7-15(9-25)10-27-22/h7-8,10-13,18H,3-6,14H2,1-2H3,(H,26,29)/t18-/m1/s1. The lowest BCUT2D eigenvalue weighted by Gasteiger charge is -2.17. The molecule has 0 spiro atoms. The molecule has 4 aromatic heterocycles. The molecule has 5 rings (SSSR count). The molecule has 0 saturated carbocycles. The van der Waals surface area contributed by atoms with E-state index in [9.17, 15) is 4.39 Å². The molecule has 34 heavy (non-hydrogen) atoms. The third kappa shape index (κ3) is 4.58. The van der Waals surface area contributed by atoms with Crippen molar-refractivity contribution in [3.05, 3.63) is 48.2 Å². The number of halogens is 1. The molecule has 1 N–H and O–H groups in total. The van der Waals surface area contributed by atoms with Gasteiger partial charge in [-0.2, -0.15) is 15.0 Å². The molecule has 0 amide bonds. The number of hydrogen-bond donors (Lipinski definition) is 1. The van der Waals surface area contributed by atoms with Gasteiger partial charge in [0.1, 0.15) is 17.4 Å². The predicted molar refractivity (Wildman–Crippen MR) is 123 cm³/mol. The summed E-state index contributed by atoms with van der Waals surface area (Å²) in [6.07, 6.45) is 8.40. The van der Waals surface area contributed by atoms with Crippen LogP contribution in [0.1, 0.15) is 37.9 Å². The van der Waals surface area contributed by atoms with Gasteiger partial charge in [-0.3, -0.25) is 0 Å². The minimum Gasteiger partial charge on any atom is -0.379 e. The topological polar surface area (TPSA) is 119 Å². The first-order valence-corrected chi connectivity index (χ1v) is 11.1. The largest absolute Gasteiger partial charge is 0.379 e. The van der Waals surface area contributed by atoms with Crippen molar-refractivity contribution < 1.29 is 9.13 Å². The van der Waals surface area contributed by atoms with Crippen LogP contribution in [0.2, 0.25) is 0 Å². The number of aryl methyl sites for hydroxylation is 1. The third-order valence-electron chi connectivity index (χ3n) is 5.68. The molecular weight excluding hydrogens is 437 g/mol. The summed E-state index contributed by atoms with van der Waals surface area (Å²) >= 11 is 0. The number of nitriles is 1. The number of fused-ring (bicyclic) bond motifs is 1. The lowest BCUT2D eigenvalue weighted by atomic mass is 10.0. The molecule has 1 aliphatic heterocycles. The predicted octanol–water partition coefficient (Wildman–Crippen LogP) is 3.15. The number of nitrogens with zero attached hydrogens (tertiary/aromatic N) is 8. The van der Waals surface area contributed by atoms with Gasteiger partial charge >= 0.3 is 0 Å². The van der Waals surface area contributed by atoms with Crippen molar-refractivity contribution in [1.29, 1.82) is 5.26 Å². The Bertz CT molecular complexity index is 1360. The van der Waals surface area contributed by atoms with Crippen molar-refractivity contribution in [2.24, 2.45) is 0 Å². The maximum Gasteiger partial charge on any atom is 0.164 e. The fourth-order valence-corrected chi connectivity index (χ4v) is 3.83. The summed E-state index contributed by atoms with van der Waals surface area (Å²) in [5.41, 5.74) is 2.02. The first-order chi connectivity index (χ1) is 16.4. The normalized spacial score (nSPS) is 16.1. The van der Waals surface area contributed by atoms with Crippen molar-refractivity contribution in [2.45, 2.75) is 44.8 Å². The maximum atomic E-state index is 13.9. The summed E-state index contributed by atoms with van der Waals surface area (Å²) in [6.45, 7) is 4.42. The SMILES string of the molecule is CC(C)(F)CCc1cn(-c2cnc(-n3ncc4cc(C#N)cnc43)cc2N[C@@H]2CCOC2)nn1. The van der Waals surface area contributed by atoms with E-state index in [1.165, 1.54) is 6.20 Å². The van der Waals surface area contributed by atoms with E-state index in [0.717, 1.165) is 17.5 Å². The molecular formula is C23H24FN9O. The molecule has 1 atom stereocenters. The highest BCUT2D eigenvalue weighted by molar-refractivity contribution is 5.77. The molecule has 4 aromatic rings. The summed E-state index contributed by atoms with van der Waals surface area (Å²) in [4.78, 5) is 8.98. The molecule has 1 saturated heterocycles. The molecule has 1 fully saturated rings. The van der Waals surface area contributed by atoms with E-state index in [1.807, 2.05) is 6.07 Å². The molecule has 0 radical (unpaired) electrons. The van der Waals surface area contributed by atoms with Crippen molar-refractivity contribution in [3.8, 4) is 17.6 Å². The number of anilines is 1. The zero-order chi connectivity index (χ0) is 23.7. The Kier molecular flexibility index (Phi) is 5.67. The van der Waals surface area contributed by atoms with Crippen molar-refractivity contribution in [1.82, 2.24) is 34.7 Å². The van der Waals surface area contributed by atoms with Crippen LogP contribution >= 0.6 is 0 Å². The van der Waals surface area contributed by atoms with E-state index in [0.29, 0.717) is 54.5 Å². The number of ether oxygens (including phenoxy) is 1. The summed E-state index contributed by atoms with van der Waals surface area (Å²) in [5, 5.41) is 26.3. The monoisotopic (exact) mass is 461 g/mol. The molecule has 0 unspecified atom stereocenters. The van der Waals surface area contributed by atoms with Crippen LogP contribution in [0.25, 0.3) is 22.5 Å². The highest BCUT2D eigenvalue weighted by atomic mass is 19.1. The second kappa shape index (κ2) is 8.79. The van der Waals surface area contributed by atoms with Crippen LogP contribution in [0.5, 0.6) is 0 Å². The highest BCUT2D eigenvalue weighted by Gasteiger charge is 2.21. The van der Waals surface area contributed by atoms with Crippen molar-refractivity contribution >= 4 is 16.7 Å². The van der Waals surface area contributed by atoms with Gasteiger partial charge in [0.2, 0.25) is 0 Å². The van der Waals surface area contributed by atoms with Gasteiger partial charge in [0.15, 0.2) is 11.5 Å². The van der Waals surface area contributed by atoms with Crippen LogP contribution < -0.4 is 5.32 Å². The van der Waals surface area contributed by atoms with Gasteiger partial charge in [-0.15, -0.1) is 5.10 Å². The number of pyridine rings is 2. The van der Waals surface area contributed by atoms with E-state index < -0.39 is 5.67 Å². The zero-order valence-electron chi connectivity index (χ0n) is 18.9. The Morgan fingerprint density at radius 3 is 2.91 bits per heavy atom. The Labute approximate surface area is 195 Å². The van der Waals surface area contributed by atoms with E-state index in [2.05, 4.69) is 36.8 Å². The van der Waals surface area contributed by atoms with Crippen molar-refractivity contribution in [2.75, 3.05) is 18.5 Å². The second-order valence-corrected chi connectivity index (χ2v) is 8.94. The zero-order valence-corrected chi connectivity index (χ0v) is 18.9. The third-order valence-corrected chi connectivity index (χ3v) is 5.68.